The maximum absolute atomic E-state index is 4.61. The molecule has 0 heterocycles. The summed E-state index contributed by atoms with van der Waals surface area (Å²) in [6.45, 7) is 20.9. The molecule has 0 N–H and O–H groups in total. The Morgan fingerprint density at radius 1 is 0.783 bits per heavy atom. The highest BCUT2D eigenvalue weighted by Crippen LogP contribution is 2.34. The standard InChI is InChI=1S/C45H43N/c1-8-17-38(18-9-2)46(43(19-10-3)33(6)11-4)34(7)35-28-30-37(31-29-35)45-40-21-14-12-13-20-39(40)44(36-26-24-32(5)25-27-36)41-22-15-16-23-42(41)45/h8-13,15-31H,1,4,7,14H2,2-3,5-6H3/b18-9-,19-10-,38-17+,43-33+. The van der Waals surface area contributed by atoms with Gasteiger partial charge in [0.1, 0.15) is 0 Å². The average molecular weight is 598 g/mol. The minimum absolute atomic E-state index is 0.870. The van der Waals surface area contributed by atoms with Crippen LogP contribution in [0.1, 0.15) is 38.3 Å². The Bertz CT molecular complexity index is 2070. The first kappa shape index (κ1) is 32.0. The van der Waals surface area contributed by atoms with E-state index in [1.54, 1.807) is 0 Å². The van der Waals surface area contributed by atoms with Crippen LogP contribution in [0, 0.1) is 6.92 Å². The van der Waals surface area contributed by atoms with Gasteiger partial charge in [-0.25, -0.2) is 0 Å². The molecule has 0 atom stereocenters. The van der Waals surface area contributed by atoms with Gasteiger partial charge in [-0.15, -0.1) is 0 Å². The van der Waals surface area contributed by atoms with Crippen molar-refractivity contribution in [3.63, 3.8) is 0 Å². The highest BCUT2D eigenvalue weighted by atomic mass is 15.2. The van der Waals surface area contributed by atoms with E-state index in [0.717, 1.165) is 34.6 Å². The molecule has 0 radical (unpaired) electrons. The van der Waals surface area contributed by atoms with Crippen LogP contribution in [0.25, 0.3) is 50.9 Å². The molecule has 1 nitrogen and oxygen atoms in total. The fourth-order valence-corrected chi connectivity index (χ4v) is 6.17. The van der Waals surface area contributed by atoms with Gasteiger partial charge in [0.15, 0.2) is 0 Å². The molecule has 1 aliphatic carbocycles. The quantitative estimate of drug-likeness (QED) is 0.164. The van der Waals surface area contributed by atoms with Gasteiger partial charge in [0, 0.05) is 17.1 Å². The summed E-state index contributed by atoms with van der Waals surface area (Å²) >= 11 is 0. The predicted octanol–water partition coefficient (Wildman–Crippen LogP) is 11.0. The van der Waals surface area contributed by atoms with Gasteiger partial charge in [-0.2, -0.15) is 0 Å². The number of benzene rings is 4. The van der Waals surface area contributed by atoms with Crippen LogP contribution in [0.4, 0.5) is 0 Å². The molecule has 1 aliphatic rings. The van der Waals surface area contributed by atoms with Gasteiger partial charge < -0.3 is 4.90 Å². The molecule has 0 fully saturated rings. The van der Waals surface area contributed by atoms with Crippen LogP contribution >= 0.6 is 0 Å². The van der Waals surface area contributed by atoms with E-state index in [1.807, 2.05) is 44.2 Å². The molecule has 0 bridgehead atoms. The monoisotopic (exact) mass is 597 g/mol. The Morgan fingerprint density at radius 3 is 1.98 bits per heavy atom. The Labute approximate surface area is 274 Å². The van der Waals surface area contributed by atoms with Crippen LogP contribution in [0.3, 0.4) is 0 Å². The first-order valence-corrected chi connectivity index (χ1v) is 15.9. The molecular formula is C45H43N. The van der Waals surface area contributed by atoms with Crippen LogP contribution < -0.4 is 10.4 Å². The maximum Gasteiger partial charge on any atom is 0.0487 e. The first-order chi connectivity index (χ1) is 22.4. The van der Waals surface area contributed by atoms with Gasteiger partial charge in [0.25, 0.3) is 0 Å². The Hall–Kier alpha value is -5.40. The summed E-state index contributed by atoms with van der Waals surface area (Å²) in [5.41, 5.74) is 11.2. The molecule has 0 amide bonds. The van der Waals surface area contributed by atoms with Gasteiger partial charge in [0.2, 0.25) is 0 Å². The van der Waals surface area contributed by atoms with E-state index in [0.29, 0.717) is 0 Å². The summed E-state index contributed by atoms with van der Waals surface area (Å²) in [4.78, 5) is 2.18. The van der Waals surface area contributed by atoms with E-state index in [-0.39, 0.29) is 0 Å². The number of rotatable bonds is 10. The molecule has 4 aromatic carbocycles. The van der Waals surface area contributed by atoms with Crippen molar-refractivity contribution in [2.45, 2.75) is 34.1 Å². The van der Waals surface area contributed by atoms with Crippen molar-refractivity contribution >= 4 is 28.6 Å². The molecule has 1 heteroatoms. The van der Waals surface area contributed by atoms with Crippen molar-refractivity contribution in [1.29, 1.82) is 0 Å². The average Bonchev–Trinajstić information content (AvgIpc) is 3.33. The number of nitrogens with zero attached hydrogens (tertiary/aromatic N) is 1. The third-order valence-electron chi connectivity index (χ3n) is 8.43. The van der Waals surface area contributed by atoms with Gasteiger partial charge in [-0.3, -0.25) is 0 Å². The molecule has 0 aliphatic heterocycles. The molecule has 228 valence electrons. The lowest BCUT2D eigenvalue weighted by molar-refractivity contribution is 0.635. The Morgan fingerprint density at radius 2 is 1.39 bits per heavy atom. The highest BCUT2D eigenvalue weighted by molar-refractivity contribution is 6.06. The van der Waals surface area contributed by atoms with Crippen molar-refractivity contribution < 1.29 is 0 Å². The third kappa shape index (κ3) is 6.36. The van der Waals surface area contributed by atoms with Gasteiger partial charge in [-0.05, 0) is 107 Å². The molecule has 0 unspecified atom stereocenters. The van der Waals surface area contributed by atoms with Crippen molar-refractivity contribution in [3.8, 4) is 22.3 Å². The third-order valence-corrected chi connectivity index (χ3v) is 8.43. The Kier molecular flexibility index (Phi) is 10.1. The summed E-state index contributed by atoms with van der Waals surface area (Å²) in [6, 6.07) is 26.6. The zero-order chi connectivity index (χ0) is 32.6. The summed E-state index contributed by atoms with van der Waals surface area (Å²) in [5, 5.41) is 5.04. The second kappa shape index (κ2) is 14.6. The SMILES string of the molecule is C=C/C=C(\C=C/C)N(C(=C)c1ccc(-c2c3c(c(-c4ccc(C)cc4)c4ccccc24)=CC=CCC=3)cc1)C(/C=C\C)=C(\C)C=C. The molecule has 0 saturated heterocycles. The molecular weight excluding hydrogens is 555 g/mol. The largest absolute Gasteiger partial charge is 0.310 e. The normalized spacial score (nSPS) is 13.5. The van der Waals surface area contributed by atoms with E-state index in [4.69, 9.17) is 0 Å². The second-order valence-corrected chi connectivity index (χ2v) is 11.5. The molecule has 0 spiro atoms. The summed E-state index contributed by atoms with van der Waals surface area (Å²) in [7, 11) is 0. The summed E-state index contributed by atoms with van der Waals surface area (Å²) in [5.74, 6) is 0. The van der Waals surface area contributed by atoms with E-state index in [1.165, 1.54) is 49.0 Å². The van der Waals surface area contributed by atoms with E-state index < -0.39 is 0 Å². The summed E-state index contributed by atoms with van der Waals surface area (Å²) < 4.78 is 0. The van der Waals surface area contributed by atoms with E-state index in [9.17, 15) is 0 Å². The Balaban J connectivity index is 1.72. The lowest BCUT2D eigenvalue weighted by Crippen LogP contribution is -2.29. The van der Waals surface area contributed by atoms with Crippen LogP contribution in [0.5, 0.6) is 0 Å². The second-order valence-electron chi connectivity index (χ2n) is 11.5. The maximum atomic E-state index is 4.61. The number of hydrogen-bond acceptors (Lipinski definition) is 1. The lowest BCUT2D eigenvalue weighted by atomic mass is 9.87. The van der Waals surface area contributed by atoms with Gasteiger partial charge >= 0.3 is 0 Å². The smallest absolute Gasteiger partial charge is 0.0487 e. The molecule has 0 saturated carbocycles. The minimum atomic E-state index is 0.870. The van der Waals surface area contributed by atoms with Crippen molar-refractivity contribution in [2.24, 2.45) is 0 Å². The highest BCUT2D eigenvalue weighted by Gasteiger charge is 2.19. The molecule has 4 aromatic rings. The van der Waals surface area contributed by atoms with Crippen molar-refractivity contribution in [1.82, 2.24) is 4.90 Å². The number of fused-ring (bicyclic) bond motifs is 2. The van der Waals surface area contributed by atoms with Gasteiger partial charge in [0.05, 0.1) is 0 Å². The fraction of sp³-hybridized carbons (Fsp3) is 0.111. The van der Waals surface area contributed by atoms with Gasteiger partial charge in [-0.1, -0.05) is 147 Å². The fourth-order valence-electron chi connectivity index (χ4n) is 6.17. The molecule has 5 rings (SSSR count). The van der Waals surface area contributed by atoms with E-state index >= 15 is 0 Å². The van der Waals surface area contributed by atoms with Crippen LogP contribution in [-0.4, -0.2) is 4.90 Å². The molecule has 0 aromatic heterocycles. The number of hydrogen-bond donors (Lipinski definition) is 0. The van der Waals surface area contributed by atoms with Crippen molar-refractivity contribution in [2.75, 3.05) is 0 Å². The topological polar surface area (TPSA) is 3.24 Å². The minimum Gasteiger partial charge on any atom is -0.310 e. The zero-order valence-corrected chi connectivity index (χ0v) is 27.6. The van der Waals surface area contributed by atoms with E-state index in [2.05, 4.69) is 148 Å². The van der Waals surface area contributed by atoms with Crippen molar-refractivity contribution in [3.05, 3.63) is 186 Å². The zero-order valence-electron chi connectivity index (χ0n) is 27.6. The van der Waals surface area contributed by atoms with Crippen LogP contribution in [0.15, 0.2) is 164 Å². The number of aryl methyl sites for hydroxylation is 1. The first-order valence-electron chi connectivity index (χ1n) is 15.9. The molecule has 46 heavy (non-hydrogen) atoms. The van der Waals surface area contributed by atoms with Crippen LogP contribution in [0.2, 0.25) is 0 Å². The number of allylic oxidation sites excluding steroid dienone is 10. The lowest BCUT2D eigenvalue weighted by Gasteiger charge is -2.30. The van der Waals surface area contributed by atoms with Crippen LogP contribution in [-0.2, 0) is 0 Å². The summed E-state index contributed by atoms with van der Waals surface area (Å²) in [6.07, 6.45) is 24.0. The predicted molar refractivity (Wildman–Crippen MR) is 203 cm³/mol.